The third-order valence-corrected chi connectivity index (χ3v) is 3.68. The molecule has 3 heterocycles. The van der Waals surface area contributed by atoms with Crippen LogP contribution in [0.5, 0.6) is 0 Å². The average molecular weight is 285 g/mol. The van der Waals surface area contributed by atoms with Crippen LogP contribution >= 0.6 is 0 Å². The monoisotopic (exact) mass is 285 g/mol. The lowest BCUT2D eigenvalue weighted by atomic mass is 10.0. The molecule has 1 N–H and O–H groups in total. The van der Waals surface area contributed by atoms with Crippen molar-refractivity contribution in [3.8, 4) is 0 Å². The summed E-state index contributed by atoms with van der Waals surface area (Å²) in [5.74, 6) is 0. The normalized spacial score (nSPS) is 15.2. The molecule has 0 aromatic carbocycles. The molecule has 0 unspecified atom stereocenters. The molecule has 1 aliphatic rings. The number of aromatic nitrogens is 2. The number of nitrogens with zero attached hydrogens (tertiary/aromatic N) is 3. The van der Waals surface area contributed by atoms with Crippen LogP contribution in [-0.2, 0) is 0 Å². The maximum atomic E-state index is 12.3. The minimum Gasteiger partial charge on any atom is -0.465 e. The lowest BCUT2D eigenvalue weighted by Gasteiger charge is -2.25. The van der Waals surface area contributed by atoms with Gasteiger partial charge in [-0.05, 0) is 31.1 Å². The topological polar surface area (TPSA) is 74.9 Å². The molecule has 6 nitrogen and oxygen atoms in total. The van der Waals surface area contributed by atoms with E-state index in [9.17, 15) is 9.59 Å². The summed E-state index contributed by atoms with van der Waals surface area (Å²) in [4.78, 5) is 28.9. The minimum absolute atomic E-state index is 0.103. The number of rotatable bonds is 1. The molecule has 1 saturated heterocycles. The fraction of sp³-hybridized carbons (Fsp3) is 0.267. The van der Waals surface area contributed by atoms with Crippen molar-refractivity contribution >= 4 is 17.8 Å². The van der Waals surface area contributed by atoms with E-state index in [0.717, 1.165) is 5.57 Å². The quantitative estimate of drug-likeness (QED) is 0.867. The van der Waals surface area contributed by atoms with Crippen LogP contribution in [0.2, 0.25) is 0 Å². The van der Waals surface area contributed by atoms with Gasteiger partial charge in [0.1, 0.15) is 5.65 Å². The summed E-state index contributed by atoms with van der Waals surface area (Å²) in [6.45, 7) is 0.951. The third kappa shape index (κ3) is 2.65. The highest BCUT2D eigenvalue weighted by Gasteiger charge is 2.18. The number of carbonyl (C=O) groups is 1. The summed E-state index contributed by atoms with van der Waals surface area (Å²) in [5.41, 5.74) is 2.14. The molecule has 2 aromatic heterocycles. The molecule has 0 aliphatic carbocycles. The Kier molecular flexibility index (Phi) is 3.43. The zero-order valence-electron chi connectivity index (χ0n) is 11.4. The molecule has 1 aliphatic heterocycles. The van der Waals surface area contributed by atoms with Gasteiger partial charge in [-0.25, -0.2) is 9.78 Å². The second kappa shape index (κ2) is 5.40. The molecule has 108 valence electrons. The van der Waals surface area contributed by atoms with Crippen LogP contribution in [0.1, 0.15) is 18.4 Å². The molecule has 3 rings (SSSR count). The lowest BCUT2D eigenvalue weighted by molar-refractivity contribution is 0.142. The molecule has 2 aromatic rings. The first kappa shape index (κ1) is 13.4. The predicted octanol–water partition coefficient (Wildman–Crippen LogP) is 1.85. The molecule has 1 fully saturated rings. The van der Waals surface area contributed by atoms with Gasteiger partial charge in [-0.15, -0.1) is 0 Å². The molecule has 0 radical (unpaired) electrons. The lowest BCUT2D eigenvalue weighted by Crippen LogP contribution is -2.35. The molecular weight excluding hydrogens is 270 g/mol. The fourth-order valence-electron chi connectivity index (χ4n) is 2.49. The van der Waals surface area contributed by atoms with E-state index >= 15 is 0 Å². The van der Waals surface area contributed by atoms with Gasteiger partial charge in [0.05, 0.1) is 5.56 Å². The van der Waals surface area contributed by atoms with E-state index in [1.807, 2.05) is 12.1 Å². The van der Waals surface area contributed by atoms with Gasteiger partial charge in [-0.3, -0.25) is 9.20 Å². The van der Waals surface area contributed by atoms with Crippen LogP contribution < -0.4 is 5.56 Å². The Balaban J connectivity index is 1.89. The first-order chi connectivity index (χ1) is 10.1. The molecule has 0 atom stereocenters. The standard InChI is InChI=1S/C15H15N3O3/c19-14-12(10-16-13-3-1-2-6-18(13)14)9-11-4-7-17(8-5-11)15(20)21/h1-3,6,9-10H,4-5,7-8H2,(H,20,21). The van der Waals surface area contributed by atoms with Gasteiger partial charge >= 0.3 is 6.09 Å². The van der Waals surface area contributed by atoms with Crippen molar-refractivity contribution in [2.75, 3.05) is 13.1 Å². The van der Waals surface area contributed by atoms with Crippen molar-refractivity contribution in [2.24, 2.45) is 0 Å². The molecule has 6 heteroatoms. The van der Waals surface area contributed by atoms with E-state index in [1.165, 1.54) is 9.30 Å². The van der Waals surface area contributed by atoms with Crippen molar-refractivity contribution in [3.05, 3.63) is 52.1 Å². The van der Waals surface area contributed by atoms with Crippen LogP contribution in [0.4, 0.5) is 4.79 Å². The van der Waals surface area contributed by atoms with E-state index < -0.39 is 6.09 Å². The predicted molar refractivity (Wildman–Crippen MR) is 78.3 cm³/mol. The minimum atomic E-state index is -0.888. The van der Waals surface area contributed by atoms with Crippen molar-refractivity contribution in [1.29, 1.82) is 0 Å². The van der Waals surface area contributed by atoms with E-state index in [0.29, 0.717) is 37.1 Å². The number of hydrogen-bond acceptors (Lipinski definition) is 3. The Morgan fingerprint density at radius 1 is 1.29 bits per heavy atom. The Morgan fingerprint density at radius 3 is 2.76 bits per heavy atom. The number of hydrogen-bond donors (Lipinski definition) is 1. The summed E-state index contributed by atoms with van der Waals surface area (Å²) in [5, 5.41) is 8.92. The highest BCUT2D eigenvalue weighted by molar-refractivity contribution is 5.65. The Morgan fingerprint density at radius 2 is 2.05 bits per heavy atom. The zero-order chi connectivity index (χ0) is 14.8. The van der Waals surface area contributed by atoms with Crippen LogP contribution in [-0.4, -0.2) is 38.6 Å². The number of fused-ring (bicyclic) bond motifs is 1. The highest BCUT2D eigenvalue weighted by Crippen LogP contribution is 2.18. The maximum Gasteiger partial charge on any atom is 0.407 e. The van der Waals surface area contributed by atoms with Gasteiger partial charge in [0.2, 0.25) is 0 Å². The summed E-state index contributed by atoms with van der Waals surface area (Å²) in [7, 11) is 0. The molecule has 21 heavy (non-hydrogen) atoms. The molecule has 1 amide bonds. The number of amides is 1. The SMILES string of the molecule is O=C(O)N1CCC(=Cc2cnc3ccccn3c2=O)CC1. The van der Waals surface area contributed by atoms with Crippen molar-refractivity contribution in [3.63, 3.8) is 0 Å². The second-order valence-electron chi connectivity index (χ2n) is 5.02. The summed E-state index contributed by atoms with van der Waals surface area (Å²) >= 11 is 0. The smallest absolute Gasteiger partial charge is 0.407 e. The average Bonchev–Trinajstić information content (AvgIpc) is 2.51. The van der Waals surface area contributed by atoms with Gasteiger partial charge in [-0.1, -0.05) is 11.6 Å². The van der Waals surface area contributed by atoms with Crippen molar-refractivity contribution < 1.29 is 9.90 Å². The van der Waals surface area contributed by atoms with Crippen molar-refractivity contribution in [2.45, 2.75) is 12.8 Å². The first-order valence-electron chi connectivity index (χ1n) is 6.79. The molecular formula is C15H15N3O3. The number of carboxylic acid groups (broad SMARTS) is 1. The molecule has 0 saturated carbocycles. The highest BCUT2D eigenvalue weighted by atomic mass is 16.4. The summed E-state index contributed by atoms with van der Waals surface area (Å²) in [6, 6.07) is 5.41. The van der Waals surface area contributed by atoms with Crippen molar-refractivity contribution in [1.82, 2.24) is 14.3 Å². The van der Waals surface area contributed by atoms with E-state index in [2.05, 4.69) is 4.98 Å². The number of piperidine rings is 1. The number of likely N-dealkylation sites (tertiary alicyclic amines) is 1. The van der Waals surface area contributed by atoms with Gasteiger partial charge in [0.25, 0.3) is 5.56 Å². The van der Waals surface area contributed by atoms with Crippen LogP contribution in [0.25, 0.3) is 11.7 Å². The van der Waals surface area contributed by atoms with Crippen LogP contribution in [0.3, 0.4) is 0 Å². The first-order valence-corrected chi connectivity index (χ1v) is 6.79. The fourth-order valence-corrected chi connectivity index (χ4v) is 2.49. The second-order valence-corrected chi connectivity index (χ2v) is 5.02. The zero-order valence-corrected chi connectivity index (χ0v) is 11.4. The third-order valence-electron chi connectivity index (χ3n) is 3.68. The Hall–Kier alpha value is -2.63. The largest absolute Gasteiger partial charge is 0.465 e. The summed E-state index contributed by atoms with van der Waals surface area (Å²) < 4.78 is 1.51. The van der Waals surface area contributed by atoms with Gasteiger partial charge in [0.15, 0.2) is 0 Å². The Bertz CT molecular complexity index is 769. The molecule has 0 bridgehead atoms. The van der Waals surface area contributed by atoms with Gasteiger partial charge in [-0.2, -0.15) is 0 Å². The van der Waals surface area contributed by atoms with Crippen LogP contribution in [0, 0.1) is 0 Å². The van der Waals surface area contributed by atoms with Crippen LogP contribution in [0.15, 0.2) is 41.0 Å². The summed E-state index contributed by atoms with van der Waals surface area (Å²) in [6.07, 6.45) is 5.54. The Labute approximate surface area is 121 Å². The van der Waals surface area contributed by atoms with Gasteiger partial charge in [0, 0.05) is 25.5 Å². The number of pyridine rings is 1. The maximum absolute atomic E-state index is 12.3. The van der Waals surface area contributed by atoms with Gasteiger partial charge < -0.3 is 10.0 Å². The molecule has 0 spiro atoms. The van der Waals surface area contributed by atoms with E-state index in [1.54, 1.807) is 24.5 Å². The van der Waals surface area contributed by atoms with E-state index in [4.69, 9.17) is 5.11 Å². The van der Waals surface area contributed by atoms with E-state index in [-0.39, 0.29) is 5.56 Å².